The number of hydrogen-bond donors (Lipinski definition) is 1. The van der Waals surface area contributed by atoms with E-state index in [2.05, 4.69) is 35.1 Å². The summed E-state index contributed by atoms with van der Waals surface area (Å²) in [5, 5.41) is 4.19. The van der Waals surface area contributed by atoms with Crippen molar-refractivity contribution in [2.24, 2.45) is 0 Å². The topological polar surface area (TPSA) is 25.2 Å². The molecule has 0 radical (unpaired) electrons. The van der Waals surface area contributed by atoms with Crippen LogP contribution in [0.4, 0.5) is 0 Å². The third-order valence-corrected chi connectivity index (χ3v) is 4.63. The molecule has 0 bridgehead atoms. The Bertz CT molecular complexity index is 567. The van der Waals surface area contributed by atoms with Gasteiger partial charge in [-0.1, -0.05) is 31.5 Å². The van der Waals surface area contributed by atoms with Gasteiger partial charge in [0.1, 0.15) is 11.5 Å². The first-order valence-corrected chi connectivity index (χ1v) is 8.12. The predicted octanol–water partition coefficient (Wildman–Crippen LogP) is 5.81. The van der Waals surface area contributed by atoms with Gasteiger partial charge in [-0.3, -0.25) is 0 Å². The molecule has 2 aromatic rings. The van der Waals surface area contributed by atoms with Crippen molar-refractivity contribution in [3.8, 4) is 11.3 Å². The summed E-state index contributed by atoms with van der Waals surface area (Å²) in [7, 11) is 0. The second kappa shape index (κ2) is 7.30. The van der Waals surface area contributed by atoms with E-state index in [1.165, 1.54) is 0 Å². The van der Waals surface area contributed by atoms with Crippen LogP contribution in [0.15, 0.2) is 39.2 Å². The lowest BCUT2D eigenvalue weighted by Crippen LogP contribution is -2.20. The van der Waals surface area contributed by atoms with Crippen LogP contribution in [0.3, 0.4) is 0 Å². The Morgan fingerprint density at radius 1 is 1.25 bits per heavy atom. The first-order valence-electron chi connectivity index (χ1n) is 6.94. The van der Waals surface area contributed by atoms with Gasteiger partial charge in [0.2, 0.25) is 0 Å². The number of furan rings is 1. The van der Waals surface area contributed by atoms with Crippen molar-refractivity contribution in [1.82, 2.24) is 5.32 Å². The van der Waals surface area contributed by atoms with Crippen LogP contribution in [-0.2, 0) is 0 Å². The minimum absolute atomic E-state index is 0.265. The van der Waals surface area contributed by atoms with Gasteiger partial charge in [0.15, 0.2) is 0 Å². The van der Waals surface area contributed by atoms with Crippen LogP contribution in [-0.4, -0.2) is 6.54 Å². The molecular weight excluding hydrogens is 338 g/mol. The molecule has 2 rings (SSSR count). The van der Waals surface area contributed by atoms with Gasteiger partial charge < -0.3 is 9.73 Å². The summed E-state index contributed by atoms with van der Waals surface area (Å²) in [5.41, 5.74) is 0.981. The first kappa shape index (κ1) is 15.6. The van der Waals surface area contributed by atoms with Crippen LogP contribution < -0.4 is 5.32 Å². The maximum atomic E-state index is 6.13. The fourth-order valence-corrected chi connectivity index (χ4v) is 2.78. The fraction of sp³-hybridized carbons (Fsp3) is 0.375. The Morgan fingerprint density at radius 3 is 2.75 bits per heavy atom. The van der Waals surface area contributed by atoms with Gasteiger partial charge >= 0.3 is 0 Å². The average Bonchev–Trinajstić information content (AvgIpc) is 2.92. The van der Waals surface area contributed by atoms with E-state index in [9.17, 15) is 0 Å². The summed E-state index contributed by atoms with van der Waals surface area (Å²) < 4.78 is 6.88. The van der Waals surface area contributed by atoms with Gasteiger partial charge in [-0.05, 0) is 59.6 Å². The zero-order valence-corrected chi connectivity index (χ0v) is 14.1. The molecule has 0 saturated carbocycles. The number of benzene rings is 1. The zero-order valence-electron chi connectivity index (χ0n) is 11.7. The lowest BCUT2D eigenvalue weighted by molar-refractivity contribution is 0.411. The molecule has 1 aromatic heterocycles. The largest absolute Gasteiger partial charge is 0.459 e. The minimum Gasteiger partial charge on any atom is -0.459 e. The summed E-state index contributed by atoms with van der Waals surface area (Å²) in [6.45, 7) is 5.32. The second-order valence-electron chi connectivity index (χ2n) is 4.72. The molecule has 0 amide bonds. The van der Waals surface area contributed by atoms with Crippen molar-refractivity contribution >= 4 is 27.5 Å². The molecule has 1 atom stereocenters. The van der Waals surface area contributed by atoms with Gasteiger partial charge in [-0.15, -0.1) is 0 Å². The molecule has 1 unspecified atom stereocenters. The molecule has 2 nitrogen and oxygen atoms in total. The van der Waals surface area contributed by atoms with Crippen molar-refractivity contribution in [2.45, 2.75) is 32.7 Å². The van der Waals surface area contributed by atoms with E-state index in [4.69, 9.17) is 16.0 Å². The summed E-state index contributed by atoms with van der Waals surface area (Å²) in [4.78, 5) is 0. The van der Waals surface area contributed by atoms with Crippen LogP contribution in [0.5, 0.6) is 0 Å². The molecule has 0 saturated heterocycles. The molecule has 0 aliphatic heterocycles. The number of nitrogens with one attached hydrogen (secondary N) is 1. The summed E-state index contributed by atoms with van der Waals surface area (Å²) in [6.07, 6.45) is 2.12. The van der Waals surface area contributed by atoms with Crippen LogP contribution in [0.2, 0.25) is 5.02 Å². The van der Waals surface area contributed by atoms with Crippen molar-refractivity contribution in [3.05, 3.63) is 45.6 Å². The maximum absolute atomic E-state index is 6.13. The van der Waals surface area contributed by atoms with Crippen LogP contribution in [0, 0.1) is 0 Å². The fourth-order valence-electron chi connectivity index (χ4n) is 2.14. The normalized spacial score (nSPS) is 12.6. The Kier molecular flexibility index (Phi) is 5.70. The standard InChI is InChI=1S/C16H19BrClNO/c1-3-10-19-13(4-2)15-9-8-14(20-15)11-6-5-7-12(18)16(11)17/h5-9,13,19H,3-4,10H2,1-2H3. The number of hydrogen-bond acceptors (Lipinski definition) is 2. The van der Waals surface area contributed by atoms with E-state index in [-0.39, 0.29) is 6.04 Å². The van der Waals surface area contributed by atoms with E-state index in [0.717, 1.165) is 40.9 Å². The SMILES string of the molecule is CCCNC(CC)c1ccc(-c2cccc(Cl)c2Br)o1. The zero-order chi connectivity index (χ0) is 14.5. The van der Waals surface area contributed by atoms with E-state index in [0.29, 0.717) is 5.02 Å². The highest BCUT2D eigenvalue weighted by molar-refractivity contribution is 9.10. The van der Waals surface area contributed by atoms with Gasteiger partial charge in [-0.25, -0.2) is 0 Å². The van der Waals surface area contributed by atoms with Crippen molar-refractivity contribution in [3.63, 3.8) is 0 Å². The number of rotatable bonds is 6. The Labute approximate surface area is 133 Å². The quantitative estimate of drug-likeness (QED) is 0.706. The third-order valence-electron chi connectivity index (χ3n) is 3.24. The lowest BCUT2D eigenvalue weighted by atomic mass is 10.1. The molecule has 0 aliphatic carbocycles. The van der Waals surface area contributed by atoms with Crippen LogP contribution in [0.25, 0.3) is 11.3 Å². The Morgan fingerprint density at radius 2 is 2.05 bits per heavy atom. The predicted molar refractivity (Wildman–Crippen MR) is 88.2 cm³/mol. The second-order valence-corrected chi connectivity index (χ2v) is 5.92. The first-order chi connectivity index (χ1) is 9.67. The molecule has 1 N–H and O–H groups in total. The molecule has 1 aromatic carbocycles. The summed E-state index contributed by atoms with van der Waals surface area (Å²) >= 11 is 9.64. The van der Waals surface area contributed by atoms with E-state index in [1.807, 2.05) is 30.3 Å². The smallest absolute Gasteiger partial charge is 0.135 e. The number of halogens is 2. The van der Waals surface area contributed by atoms with Crippen molar-refractivity contribution in [2.75, 3.05) is 6.54 Å². The molecule has 0 spiro atoms. The highest BCUT2D eigenvalue weighted by atomic mass is 79.9. The molecule has 4 heteroatoms. The van der Waals surface area contributed by atoms with Gasteiger partial charge in [0, 0.05) is 10.0 Å². The van der Waals surface area contributed by atoms with E-state index < -0.39 is 0 Å². The third kappa shape index (κ3) is 3.46. The molecule has 20 heavy (non-hydrogen) atoms. The molecule has 108 valence electrons. The average molecular weight is 357 g/mol. The minimum atomic E-state index is 0.265. The molecular formula is C16H19BrClNO. The van der Waals surface area contributed by atoms with Gasteiger partial charge in [0.25, 0.3) is 0 Å². The van der Waals surface area contributed by atoms with Crippen molar-refractivity contribution in [1.29, 1.82) is 0 Å². The molecule has 0 fully saturated rings. The molecule has 0 aliphatic rings. The Hall–Kier alpha value is -0.770. The Balaban J connectivity index is 2.26. The van der Waals surface area contributed by atoms with Crippen LogP contribution >= 0.6 is 27.5 Å². The highest BCUT2D eigenvalue weighted by Gasteiger charge is 2.15. The summed E-state index contributed by atoms with van der Waals surface area (Å²) in [6, 6.07) is 10.1. The van der Waals surface area contributed by atoms with E-state index >= 15 is 0 Å². The van der Waals surface area contributed by atoms with E-state index in [1.54, 1.807) is 0 Å². The maximum Gasteiger partial charge on any atom is 0.135 e. The van der Waals surface area contributed by atoms with Crippen LogP contribution in [0.1, 0.15) is 38.5 Å². The van der Waals surface area contributed by atoms with Gasteiger partial charge in [0.05, 0.1) is 11.1 Å². The van der Waals surface area contributed by atoms with Crippen molar-refractivity contribution < 1.29 is 4.42 Å². The summed E-state index contributed by atoms with van der Waals surface area (Å²) in [5.74, 6) is 1.81. The van der Waals surface area contributed by atoms with Gasteiger partial charge in [-0.2, -0.15) is 0 Å². The lowest BCUT2D eigenvalue weighted by Gasteiger charge is -2.13. The highest BCUT2D eigenvalue weighted by Crippen LogP contribution is 2.35. The molecule has 1 heterocycles. The monoisotopic (exact) mass is 355 g/mol.